The molecule has 10 heteroatoms. The minimum Gasteiger partial charge on any atom is -0.486 e. The first kappa shape index (κ1) is 24.4. The van der Waals surface area contributed by atoms with Crippen LogP contribution in [0.4, 0.5) is 0 Å². The smallest absolute Gasteiger partial charge is 0.268 e. The quantitative estimate of drug-likeness (QED) is 0.440. The van der Waals surface area contributed by atoms with E-state index in [0.29, 0.717) is 40.1 Å². The van der Waals surface area contributed by atoms with Gasteiger partial charge in [0.1, 0.15) is 17.6 Å². The summed E-state index contributed by atoms with van der Waals surface area (Å²) in [5.41, 5.74) is 2.04. The summed E-state index contributed by atoms with van der Waals surface area (Å²) in [6.45, 7) is 11.3. The van der Waals surface area contributed by atoms with Gasteiger partial charge in [-0.05, 0) is 68.5 Å². The van der Waals surface area contributed by atoms with Crippen LogP contribution in [-0.2, 0) is 16.5 Å². The number of hydrogen-bond acceptors (Lipinski definition) is 8. The van der Waals surface area contributed by atoms with E-state index in [0.717, 1.165) is 11.3 Å². The van der Waals surface area contributed by atoms with Crippen molar-refractivity contribution in [1.29, 1.82) is 0 Å². The summed E-state index contributed by atoms with van der Waals surface area (Å²) < 4.78 is 43.2. The van der Waals surface area contributed by atoms with Gasteiger partial charge in [0.25, 0.3) is 16.0 Å². The Balaban J connectivity index is 1.84. The summed E-state index contributed by atoms with van der Waals surface area (Å²) in [7, 11) is -4.35. The normalized spacial score (nSPS) is 14.0. The van der Waals surface area contributed by atoms with Gasteiger partial charge in [0.15, 0.2) is 0 Å². The van der Waals surface area contributed by atoms with Crippen LogP contribution in [0.2, 0.25) is 0 Å². The Labute approximate surface area is 192 Å². The highest BCUT2D eigenvalue weighted by molar-refractivity contribution is 7.85. The maximum atomic E-state index is 11.2. The third-order valence-corrected chi connectivity index (χ3v) is 6.53. The van der Waals surface area contributed by atoms with Gasteiger partial charge in [-0.15, -0.1) is 21.5 Å². The van der Waals surface area contributed by atoms with Crippen molar-refractivity contribution in [3.05, 3.63) is 47.2 Å². The van der Waals surface area contributed by atoms with E-state index >= 15 is 0 Å². The van der Waals surface area contributed by atoms with Crippen LogP contribution in [0.5, 0.6) is 5.75 Å². The summed E-state index contributed by atoms with van der Waals surface area (Å²) in [5.74, 6) is 0.979. The molecule has 8 nitrogen and oxygen atoms in total. The minimum absolute atomic E-state index is 0.350. The van der Waals surface area contributed by atoms with Crippen LogP contribution in [0.25, 0.3) is 22.2 Å². The Hall–Kier alpha value is -2.27. The minimum atomic E-state index is -4.35. The molecule has 2 N–H and O–H groups in total. The van der Waals surface area contributed by atoms with Gasteiger partial charge in [0.05, 0.1) is 11.0 Å². The number of aryl methyl sites for hydroxylation is 2. The number of thiophene rings is 1. The van der Waals surface area contributed by atoms with E-state index in [2.05, 4.69) is 37.0 Å². The molecule has 0 fully saturated rings. The van der Waals surface area contributed by atoms with E-state index in [4.69, 9.17) is 13.7 Å². The second-order valence-corrected chi connectivity index (χ2v) is 10.9. The number of aromatic nitrogens is 2. The number of rotatable bonds is 9. The predicted molar refractivity (Wildman–Crippen MR) is 123 cm³/mol. The van der Waals surface area contributed by atoms with Gasteiger partial charge in [-0.2, -0.15) is 8.42 Å². The first-order chi connectivity index (χ1) is 14.9. The maximum Gasteiger partial charge on any atom is 0.268 e. The molecule has 0 saturated carbocycles. The molecule has 173 valence electrons. The van der Waals surface area contributed by atoms with E-state index in [1.807, 2.05) is 6.07 Å². The molecule has 2 unspecified atom stereocenters. The van der Waals surface area contributed by atoms with Crippen LogP contribution >= 0.6 is 11.3 Å². The van der Waals surface area contributed by atoms with Crippen molar-refractivity contribution in [1.82, 2.24) is 10.2 Å². The molecule has 0 saturated heterocycles. The second-order valence-electron chi connectivity index (χ2n) is 8.19. The molecule has 0 aliphatic heterocycles. The highest BCUT2D eigenvalue weighted by Crippen LogP contribution is 2.34. The SMILES string of the molecule is [CH2]C(O)C(CS(=O)(=O)O)Oc1c(C)cc(-c2nnc(-c3ccc(CC(C)C)s3)o2)cc1C. The molecular weight excluding hydrogens is 452 g/mol. The molecule has 0 aliphatic rings. The molecule has 2 atom stereocenters. The Bertz CT molecular complexity index is 1160. The van der Waals surface area contributed by atoms with Crippen molar-refractivity contribution in [2.24, 2.45) is 5.92 Å². The van der Waals surface area contributed by atoms with Gasteiger partial charge < -0.3 is 14.3 Å². The number of aliphatic hydroxyl groups excluding tert-OH is 1. The van der Waals surface area contributed by atoms with E-state index in [9.17, 15) is 13.5 Å². The van der Waals surface area contributed by atoms with Gasteiger partial charge in [-0.25, -0.2) is 0 Å². The zero-order chi connectivity index (χ0) is 23.6. The van der Waals surface area contributed by atoms with Gasteiger partial charge in [-0.3, -0.25) is 4.55 Å². The van der Waals surface area contributed by atoms with E-state index in [-0.39, 0.29) is 0 Å². The molecular formula is C22H27N2O6S2. The third kappa shape index (κ3) is 6.16. The fourth-order valence-corrected chi connectivity index (χ4v) is 5.13. The van der Waals surface area contributed by atoms with Gasteiger partial charge >= 0.3 is 0 Å². The lowest BCUT2D eigenvalue weighted by molar-refractivity contribution is 0.0774. The molecule has 3 rings (SSSR count). The zero-order valence-electron chi connectivity index (χ0n) is 18.4. The first-order valence-electron chi connectivity index (χ1n) is 10.1. The van der Waals surface area contributed by atoms with Crippen molar-refractivity contribution in [3.63, 3.8) is 0 Å². The van der Waals surface area contributed by atoms with E-state index in [1.165, 1.54) is 4.88 Å². The monoisotopic (exact) mass is 479 g/mol. The summed E-state index contributed by atoms with van der Waals surface area (Å²) in [6.07, 6.45) is -1.58. The standard InChI is InChI=1S/C22H27N2O6S2/c1-12(2)8-17-6-7-19(31-17)22-24-23-21(30-22)16-9-13(3)20(14(4)10-16)29-18(15(5)25)11-32(26,27)28/h6-7,9-10,12,15,18,25H,5,8,11H2,1-4H3,(H,26,27,28). The average molecular weight is 480 g/mol. The summed E-state index contributed by atoms with van der Waals surface area (Å²) in [4.78, 5) is 2.17. The largest absolute Gasteiger partial charge is 0.486 e. The number of ether oxygens (including phenoxy) is 1. The van der Waals surface area contributed by atoms with Gasteiger partial charge in [-0.1, -0.05) is 13.8 Å². The predicted octanol–water partition coefficient (Wildman–Crippen LogP) is 4.11. The highest BCUT2D eigenvalue weighted by atomic mass is 32.2. The molecule has 0 aliphatic carbocycles. The van der Waals surface area contributed by atoms with Crippen LogP contribution < -0.4 is 4.74 Å². The summed E-state index contributed by atoms with van der Waals surface area (Å²) in [5, 5.41) is 18.1. The molecule has 1 aromatic carbocycles. The van der Waals surface area contributed by atoms with Crippen molar-refractivity contribution in [2.45, 2.75) is 46.3 Å². The van der Waals surface area contributed by atoms with Gasteiger partial charge in [0.2, 0.25) is 5.89 Å². The van der Waals surface area contributed by atoms with Crippen LogP contribution in [-0.4, -0.2) is 46.2 Å². The number of benzene rings is 1. The lowest BCUT2D eigenvalue weighted by Gasteiger charge is -2.23. The molecule has 0 amide bonds. The Morgan fingerprint density at radius 3 is 2.34 bits per heavy atom. The fourth-order valence-electron chi connectivity index (χ4n) is 3.29. The summed E-state index contributed by atoms with van der Waals surface area (Å²) in [6, 6.07) is 7.60. The highest BCUT2D eigenvalue weighted by Gasteiger charge is 2.25. The lowest BCUT2D eigenvalue weighted by atomic mass is 10.1. The third-order valence-electron chi connectivity index (χ3n) is 4.69. The van der Waals surface area contributed by atoms with Crippen LogP contribution in [0, 0.1) is 26.7 Å². The molecule has 1 radical (unpaired) electrons. The fraction of sp³-hybridized carbons (Fsp3) is 0.409. The molecule has 0 spiro atoms. The zero-order valence-corrected chi connectivity index (χ0v) is 20.0. The average Bonchev–Trinajstić information content (AvgIpc) is 3.31. The molecule has 0 bridgehead atoms. The Kier molecular flexibility index (Phi) is 7.39. The Morgan fingerprint density at radius 2 is 1.78 bits per heavy atom. The maximum absolute atomic E-state index is 11.2. The van der Waals surface area contributed by atoms with Crippen molar-refractivity contribution in [2.75, 3.05) is 5.75 Å². The number of nitrogens with zero attached hydrogens (tertiary/aromatic N) is 2. The van der Waals surface area contributed by atoms with Crippen LogP contribution in [0.1, 0.15) is 29.9 Å². The molecule has 3 aromatic rings. The van der Waals surface area contributed by atoms with E-state index in [1.54, 1.807) is 37.3 Å². The van der Waals surface area contributed by atoms with Crippen molar-refractivity contribution >= 4 is 21.5 Å². The Morgan fingerprint density at radius 1 is 1.16 bits per heavy atom. The number of hydrogen-bond donors (Lipinski definition) is 2. The van der Waals surface area contributed by atoms with Crippen LogP contribution in [0.15, 0.2) is 28.7 Å². The molecule has 2 heterocycles. The van der Waals surface area contributed by atoms with Crippen molar-refractivity contribution in [3.8, 4) is 28.0 Å². The first-order valence-corrected chi connectivity index (χ1v) is 12.5. The number of aliphatic hydroxyl groups is 1. The lowest BCUT2D eigenvalue weighted by Crippen LogP contribution is -2.36. The summed E-state index contributed by atoms with van der Waals surface area (Å²) >= 11 is 1.63. The second kappa shape index (κ2) is 9.70. The molecule has 32 heavy (non-hydrogen) atoms. The van der Waals surface area contributed by atoms with Crippen LogP contribution in [0.3, 0.4) is 0 Å². The van der Waals surface area contributed by atoms with Crippen molar-refractivity contribution < 1.29 is 27.2 Å². The van der Waals surface area contributed by atoms with Gasteiger partial charge in [0, 0.05) is 10.4 Å². The topological polar surface area (TPSA) is 123 Å². The van der Waals surface area contributed by atoms with E-state index < -0.39 is 28.1 Å². The molecule has 2 aromatic heterocycles.